The van der Waals surface area contributed by atoms with E-state index in [0.717, 1.165) is 32.5 Å². The van der Waals surface area contributed by atoms with Gasteiger partial charge in [-0.3, -0.25) is 4.99 Å². The van der Waals surface area contributed by atoms with Crippen LogP contribution in [0.15, 0.2) is 65.6 Å². The monoisotopic (exact) mass is 499 g/mol. The van der Waals surface area contributed by atoms with E-state index in [-0.39, 0.29) is 0 Å². The molecule has 0 radical (unpaired) electrons. The third kappa shape index (κ3) is 6.45. The Kier molecular flexibility index (Phi) is 9.45. The predicted octanol–water partition coefficient (Wildman–Crippen LogP) is 7.43. The molecule has 1 aliphatic carbocycles. The first-order valence-corrected chi connectivity index (χ1v) is 14.2. The largest absolute Gasteiger partial charge is 0.371 e. The molecule has 1 aromatic carbocycles. The zero-order valence-electron chi connectivity index (χ0n) is 23.4. The summed E-state index contributed by atoms with van der Waals surface area (Å²) in [6.45, 7) is 15.6. The molecular weight excluding hydrogens is 454 g/mol. The minimum Gasteiger partial charge on any atom is -0.371 e. The molecule has 0 saturated carbocycles. The molecule has 2 saturated heterocycles. The van der Waals surface area contributed by atoms with E-state index >= 15 is 0 Å². The lowest BCUT2D eigenvalue weighted by molar-refractivity contribution is 0.418. The van der Waals surface area contributed by atoms with E-state index in [1.165, 1.54) is 78.2 Å². The topological polar surface area (TPSA) is 27.0 Å². The van der Waals surface area contributed by atoms with Crippen LogP contribution in [-0.4, -0.2) is 49.4 Å². The summed E-state index contributed by atoms with van der Waals surface area (Å²) in [5.41, 5.74) is 9.34. The molecule has 198 valence electrons. The average Bonchev–Trinajstić information content (AvgIpc) is 3.71. The van der Waals surface area contributed by atoms with Crippen LogP contribution in [0.2, 0.25) is 0 Å². The summed E-state index contributed by atoms with van der Waals surface area (Å²) >= 11 is 0. The van der Waals surface area contributed by atoms with Crippen LogP contribution in [0.5, 0.6) is 0 Å². The maximum absolute atomic E-state index is 3.92. The summed E-state index contributed by atoms with van der Waals surface area (Å²) in [4.78, 5) is 11.1. The van der Waals surface area contributed by atoms with Crippen LogP contribution in [0.1, 0.15) is 70.6 Å². The van der Waals surface area contributed by atoms with Gasteiger partial charge in [0.25, 0.3) is 0 Å². The summed E-state index contributed by atoms with van der Waals surface area (Å²) in [6.07, 6.45) is 18.4. The van der Waals surface area contributed by atoms with Crippen LogP contribution < -0.4 is 9.80 Å². The van der Waals surface area contributed by atoms with Crippen molar-refractivity contribution in [2.75, 3.05) is 43.0 Å². The number of rotatable bonds is 4. The molecule has 37 heavy (non-hydrogen) atoms. The van der Waals surface area contributed by atoms with Gasteiger partial charge in [-0.2, -0.15) is 0 Å². The van der Waals surface area contributed by atoms with Gasteiger partial charge in [0.15, 0.2) is 0 Å². The molecule has 6 rings (SSSR count). The Bertz CT molecular complexity index is 1140. The lowest BCUT2D eigenvalue weighted by Gasteiger charge is -2.31. The number of fused-ring (bicyclic) bond motifs is 3. The van der Waals surface area contributed by atoms with Crippen molar-refractivity contribution in [1.82, 2.24) is 9.47 Å². The third-order valence-corrected chi connectivity index (χ3v) is 7.64. The predicted molar refractivity (Wildman–Crippen MR) is 161 cm³/mol. The molecule has 4 heterocycles. The zero-order valence-corrected chi connectivity index (χ0v) is 23.4. The van der Waals surface area contributed by atoms with Crippen molar-refractivity contribution in [1.29, 1.82) is 0 Å². The summed E-state index contributed by atoms with van der Waals surface area (Å²) in [7, 11) is 2.17. The molecule has 0 amide bonds. The number of allylic oxidation sites excluding steroid dienone is 4. The molecule has 0 unspecified atom stereocenters. The fourth-order valence-electron chi connectivity index (χ4n) is 5.53. The first kappa shape index (κ1) is 27.0. The first-order valence-electron chi connectivity index (χ1n) is 14.2. The average molecular weight is 500 g/mol. The molecule has 0 atom stereocenters. The number of aromatic nitrogens is 1. The molecule has 5 heteroatoms. The summed E-state index contributed by atoms with van der Waals surface area (Å²) < 4.78 is 2.39. The molecule has 5 nitrogen and oxygen atoms in total. The van der Waals surface area contributed by atoms with E-state index in [4.69, 9.17) is 0 Å². The van der Waals surface area contributed by atoms with Gasteiger partial charge in [-0.1, -0.05) is 31.6 Å². The van der Waals surface area contributed by atoms with E-state index in [1.54, 1.807) is 6.20 Å². The van der Waals surface area contributed by atoms with Crippen LogP contribution in [-0.2, 0) is 6.54 Å². The Balaban J connectivity index is 0.000000348. The standard InChI is InChI=1S/C25H28N4.C5H11N.C2H6/c1-19-5-7-20(8-6-19)21-15-23-18-28(14-11-26-2)24-10-9-22(27-12-3-4-13-27)16-25(24)29(23)17-21;1-6-4-2-3-5-6;1-2/h5,7,9-11,14-17H,2-4,6,8,12-13,18H2,1H3;2-5H2,1H3;1-2H3/b14-11-;;. The van der Waals surface area contributed by atoms with Crippen molar-refractivity contribution in [3.05, 3.63) is 71.8 Å². The van der Waals surface area contributed by atoms with Crippen molar-refractivity contribution in [2.24, 2.45) is 4.99 Å². The number of likely N-dealkylation sites (tertiary alicyclic amines) is 1. The van der Waals surface area contributed by atoms with E-state index in [2.05, 4.69) is 87.6 Å². The highest BCUT2D eigenvalue weighted by atomic mass is 15.2. The molecule has 3 aliphatic heterocycles. The van der Waals surface area contributed by atoms with Crippen molar-refractivity contribution < 1.29 is 0 Å². The number of anilines is 2. The van der Waals surface area contributed by atoms with Gasteiger partial charge in [-0.25, -0.2) is 0 Å². The van der Waals surface area contributed by atoms with E-state index in [0.29, 0.717) is 0 Å². The zero-order chi connectivity index (χ0) is 26.2. The molecule has 2 aromatic rings. The van der Waals surface area contributed by atoms with Gasteiger partial charge in [0.2, 0.25) is 0 Å². The number of hydrogen-bond donors (Lipinski definition) is 0. The van der Waals surface area contributed by atoms with Crippen molar-refractivity contribution in [2.45, 2.75) is 65.8 Å². The minimum absolute atomic E-state index is 0.838. The van der Waals surface area contributed by atoms with E-state index in [9.17, 15) is 0 Å². The molecule has 2 fully saturated rings. The number of aliphatic imine (C=N–C) groups is 1. The Hall–Kier alpha value is -3.05. The smallest absolute Gasteiger partial charge is 0.0712 e. The Labute approximate surface area is 224 Å². The van der Waals surface area contributed by atoms with Crippen LogP contribution in [0.4, 0.5) is 11.4 Å². The normalized spacial score (nSPS) is 18.8. The Morgan fingerprint density at radius 2 is 1.62 bits per heavy atom. The van der Waals surface area contributed by atoms with E-state index in [1.807, 2.05) is 20.0 Å². The lowest BCUT2D eigenvalue weighted by Crippen LogP contribution is -2.25. The maximum Gasteiger partial charge on any atom is 0.0712 e. The van der Waals surface area contributed by atoms with Crippen molar-refractivity contribution in [3.8, 4) is 5.69 Å². The van der Waals surface area contributed by atoms with Gasteiger partial charge in [0.1, 0.15) is 0 Å². The van der Waals surface area contributed by atoms with Crippen molar-refractivity contribution >= 4 is 23.7 Å². The Morgan fingerprint density at radius 1 is 0.892 bits per heavy atom. The summed E-state index contributed by atoms with van der Waals surface area (Å²) in [5, 5.41) is 0. The van der Waals surface area contributed by atoms with E-state index < -0.39 is 0 Å². The Morgan fingerprint density at radius 3 is 2.24 bits per heavy atom. The third-order valence-electron chi connectivity index (χ3n) is 7.64. The highest BCUT2D eigenvalue weighted by Crippen LogP contribution is 2.38. The maximum atomic E-state index is 3.92. The van der Waals surface area contributed by atoms with Gasteiger partial charge in [-0.05, 0) is 108 Å². The van der Waals surface area contributed by atoms with Crippen LogP contribution in [0.25, 0.3) is 11.3 Å². The van der Waals surface area contributed by atoms with Gasteiger partial charge in [-0.15, -0.1) is 0 Å². The SMILES string of the molecule is C=N/C=C\N1Cc2cc(C3=CC=C(C)CC3)cn2-c2cc(N3CCCC3)ccc21.CC.CN1CCCC1. The highest BCUT2D eigenvalue weighted by Gasteiger charge is 2.24. The van der Waals surface area contributed by atoms with Crippen LogP contribution in [0.3, 0.4) is 0 Å². The minimum atomic E-state index is 0.838. The fraction of sp³-hybridized carbons (Fsp3) is 0.469. The second-order valence-corrected chi connectivity index (χ2v) is 10.3. The molecule has 0 N–H and O–H groups in total. The number of hydrogen-bond acceptors (Lipinski definition) is 4. The van der Waals surface area contributed by atoms with Crippen LogP contribution in [0, 0.1) is 0 Å². The molecule has 0 bridgehead atoms. The second-order valence-electron chi connectivity index (χ2n) is 10.3. The van der Waals surface area contributed by atoms with Gasteiger partial charge in [0, 0.05) is 43.1 Å². The quantitative estimate of drug-likeness (QED) is 0.409. The first-order chi connectivity index (χ1) is 18.1. The number of nitrogens with zero attached hydrogens (tertiary/aromatic N) is 5. The highest BCUT2D eigenvalue weighted by molar-refractivity contribution is 5.75. The molecular formula is C32H45N5. The molecule has 0 spiro atoms. The molecule has 4 aliphatic rings. The van der Waals surface area contributed by atoms with Gasteiger partial charge < -0.3 is 19.3 Å². The fourth-order valence-corrected chi connectivity index (χ4v) is 5.53. The summed E-state index contributed by atoms with van der Waals surface area (Å²) in [5.74, 6) is 0. The summed E-state index contributed by atoms with van der Waals surface area (Å²) in [6, 6.07) is 9.23. The van der Waals surface area contributed by atoms with Crippen LogP contribution >= 0.6 is 0 Å². The van der Waals surface area contributed by atoms with Gasteiger partial charge in [0.05, 0.1) is 17.9 Å². The molecule has 1 aromatic heterocycles. The second kappa shape index (κ2) is 13.0. The number of benzene rings is 1. The van der Waals surface area contributed by atoms with Crippen molar-refractivity contribution in [3.63, 3.8) is 0 Å². The van der Waals surface area contributed by atoms with Gasteiger partial charge >= 0.3 is 0 Å². The lowest BCUT2D eigenvalue weighted by atomic mass is 9.95.